The van der Waals surface area contributed by atoms with E-state index < -0.39 is 0 Å². The first kappa shape index (κ1) is 10.7. The molecule has 1 aliphatic rings. The quantitative estimate of drug-likeness (QED) is 0.653. The third-order valence-electron chi connectivity index (χ3n) is 2.63. The first-order chi connectivity index (χ1) is 6.18. The molecule has 0 aromatic carbocycles. The molecule has 2 unspecified atom stereocenters. The molecule has 0 heterocycles. The molecule has 1 aliphatic carbocycles. The van der Waals surface area contributed by atoms with E-state index in [2.05, 4.69) is 25.2 Å². The molecule has 1 fully saturated rings. The maximum atomic E-state index is 5.90. The molecule has 0 aromatic heterocycles. The second-order valence-corrected chi connectivity index (χ2v) is 4.31. The molecule has 1 saturated carbocycles. The highest BCUT2D eigenvalue weighted by molar-refractivity contribution is 4.95. The fourth-order valence-electron chi connectivity index (χ4n) is 1.84. The lowest BCUT2D eigenvalue weighted by Crippen LogP contribution is -2.39. The van der Waals surface area contributed by atoms with E-state index >= 15 is 0 Å². The molecule has 0 saturated heterocycles. The zero-order valence-electron chi connectivity index (χ0n) is 8.84. The van der Waals surface area contributed by atoms with Crippen LogP contribution < -0.4 is 11.1 Å². The smallest absolute Gasteiger partial charge is 0.0139 e. The van der Waals surface area contributed by atoms with Gasteiger partial charge in [0.05, 0.1) is 0 Å². The van der Waals surface area contributed by atoms with Gasteiger partial charge in [0.15, 0.2) is 0 Å². The molecule has 2 atom stereocenters. The molecule has 0 radical (unpaired) electrons. The van der Waals surface area contributed by atoms with Crippen molar-refractivity contribution in [2.75, 3.05) is 6.54 Å². The minimum Gasteiger partial charge on any atom is -0.328 e. The molecule has 3 N–H and O–H groups in total. The molecule has 0 aromatic rings. The first-order valence-corrected chi connectivity index (χ1v) is 5.31. The van der Waals surface area contributed by atoms with Gasteiger partial charge in [-0.15, -0.1) is 0 Å². The van der Waals surface area contributed by atoms with Gasteiger partial charge in [-0.3, -0.25) is 0 Å². The van der Waals surface area contributed by atoms with Gasteiger partial charge in [0.2, 0.25) is 0 Å². The molecule has 1 rings (SSSR count). The fourth-order valence-corrected chi connectivity index (χ4v) is 1.84. The zero-order chi connectivity index (χ0) is 9.68. The van der Waals surface area contributed by atoms with E-state index in [0.29, 0.717) is 12.1 Å². The lowest BCUT2D eigenvalue weighted by molar-refractivity contribution is 0.348. The Morgan fingerprint density at radius 1 is 1.46 bits per heavy atom. The van der Waals surface area contributed by atoms with E-state index in [1.165, 1.54) is 24.8 Å². The number of hydrogen-bond acceptors (Lipinski definition) is 2. The second kappa shape index (κ2) is 5.40. The van der Waals surface area contributed by atoms with E-state index in [-0.39, 0.29) is 0 Å². The summed E-state index contributed by atoms with van der Waals surface area (Å²) in [4.78, 5) is 0. The molecule has 0 bridgehead atoms. The monoisotopic (exact) mass is 182 g/mol. The van der Waals surface area contributed by atoms with Crippen molar-refractivity contribution in [2.45, 2.75) is 51.6 Å². The van der Waals surface area contributed by atoms with Crippen LogP contribution >= 0.6 is 0 Å². The van der Waals surface area contributed by atoms with Crippen molar-refractivity contribution >= 4 is 0 Å². The van der Waals surface area contributed by atoms with Crippen LogP contribution in [0.5, 0.6) is 0 Å². The van der Waals surface area contributed by atoms with Crippen molar-refractivity contribution < 1.29 is 0 Å². The number of hydrogen-bond donors (Lipinski definition) is 2. The minimum absolute atomic E-state index is 0.429. The van der Waals surface area contributed by atoms with Crippen LogP contribution in [0.15, 0.2) is 11.6 Å². The molecule has 0 spiro atoms. The van der Waals surface area contributed by atoms with Crippen LogP contribution in [0.3, 0.4) is 0 Å². The predicted molar refractivity (Wildman–Crippen MR) is 57.7 cm³/mol. The fraction of sp³-hybridized carbons (Fsp3) is 0.818. The van der Waals surface area contributed by atoms with Crippen molar-refractivity contribution in [3.05, 3.63) is 11.6 Å². The summed E-state index contributed by atoms with van der Waals surface area (Å²) in [6.07, 6.45) is 7.18. The van der Waals surface area contributed by atoms with E-state index in [0.717, 1.165) is 13.0 Å². The van der Waals surface area contributed by atoms with Gasteiger partial charge in [0.25, 0.3) is 0 Å². The maximum Gasteiger partial charge on any atom is 0.0139 e. The summed E-state index contributed by atoms with van der Waals surface area (Å²) < 4.78 is 0. The van der Waals surface area contributed by atoms with Crippen molar-refractivity contribution in [3.63, 3.8) is 0 Å². The van der Waals surface area contributed by atoms with Crippen LogP contribution in [0.25, 0.3) is 0 Å². The Morgan fingerprint density at radius 3 is 2.85 bits per heavy atom. The number of allylic oxidation sites excluding steroid dienone is 1. The third kappa shape index (κ3) is 4.44. The summed E-state index contributed by atoms with van der Waals surface area (Å²) in [6.45, 7) is 5.27. The highest BCUT2D eigenvalue weighted by atomic mass is 14.9. The molecule has 13 heavy (non-hydrogen) atoms. The Hall–Kier alpha value is -0.340. The Morgan fingerprint density at radius 2 is 2.23 bits per heavy atom. The van der Waals surface area contributed by atoms with E-state index in [9.17, 15) is 0 Å². The van der Waals surface area contributed by atoms with Gasteiger partial charge in [0, 0.05) is 18.6 Å². The normalized spacial score (nSPS) is 28.5. The largest absolute Gasteiger partial charge is 0.328 e. The summed E-state index contributed by atoms with van der Waals surface area (Å²) in [7, 11) is 0. The summed E-state index contributed by atoms with van der Waals surface area (Å²) in [5.41, 5.74) is 7.28. The zero-order valence-corrected chi connectivity index (χ0v) is 8.84. The number of nitrogens with one attached hydrogen (secondary N) is 1. The van der Waals surface area contributed by atoms with Crippen LogP contribution in [0.1, 0.15) is 39.5 Å². The molecule has 2 heteroatoms. The van der Waals surface area contributed by atoms with Crippen molar-refractivity contribution in [1.82, 2.24) is 5.32 Å². The average molecular weight is 182 g/mol. The Bertz CT molecular complexity index is 171. The van der Waals surface area contributed by atoms with Gasteiger partial charge in [-0.05, 0) is 33.1 Å². The van der Waals surface area contributed by atoms with Crippen molar-refractivity contribution in [3.8, 4) is 0 Å². The highest BCUT2D eigenvalue weighted by Gasteiger charge is 2.17. The van der Waals surface area contributed by atoms with Gasteiger partial charge in [-0.2, -0.15) is 0 Å². The third-order valence-corrected chi connectivity index (χ3v) is 2.63. The van der Waals surface area contributed by atoms with Crippen LogP contribution in [0.4, 0.5) is 0 Å². The van der Waals surface area contributed by atoms with Gasteiger partial charge in [-0.1, -0.05) is 18.1 Å². The molecular formula is C11H22N2. The molecule has 2 nitrogen and oxygen atoms in total. The van der Waals surface area contributed by atoms with Gasteiger partial charge < -0.3 is 11.1 Å². The summed E-state index contributed by atoms with van der Waals surface area (Å²) in [6, 6.07) is 1.08. The molecule has 0 amide bonds. The topological polar surface area (TPSA) is 38.0 Å². The van der Waals surface area contributed by atoms with Crippen molar-refractivity contribution in [1.29, 1.82) is 0 Å². The van der Waals surface area contributed by atoms with Crippen LogP contribution in [0, 0.1) is 0 Å². The van der Waals surface area contributed by atoms with Crippen LogP contribution in [0.2, 0.25) is 0 Å². The summed E-state index contributed by atoms with van der Waals surface area (Å²) in [5.74, 6) is 0. The Labute approximate surface area is 81.6 Å². The van der Waals surface area contributed by atoms with E-state index in [1.54, 1.807) is 0 Å². The highest BCUT2D eigenvalue weighted by Crippen LogP contribution is 2.16. The average Bonchev–Trinajstić information content (AvgIpc) is 2.03. The SMILES string of the molecule is CC(C)=CCNC1CCCC(N)C1. The van der Waals surface area contributed by atoms with Gasteiger partial charge >= 0.3 is 0 Å². The van der Waals surface area contributed by atoms with E-state index in [4.69, 9.17) is 5.73 Å². The summed E-state index contributed by atoms with van der Waals surface area (Å²) in [5, 5.41) is 3.53. The maximum absolute atomic E-state index is 5.90. The van der Waals surface area contributed by atoms with Crippen molar-refractivity contribution in [2.24, 2.45) is 5.73 Å². The van der Waals surface area contributed by atoms with Crippen LogP contribution in [-0.2, 0) is 0 Å². The Kier molecular flexibility index (Phi) is 4.46. The van der Waals surface area contributed by atoms with Crippen LogP contribution in [-0.4, -0.2) is 18.6 Å². The van der Waals surface area contributed by atoms with Gasteiger partial charge in [-0.25, -0.2) is 0 Å². The van der Waals surface area contributed by atoms with Gasteiger partial charge in [0.1, 0.15) is 0 Å². The van der Waals surface area contributed by atoms with E-state index in [1.807, 2.05) is 0 Å². The molecular weight excluding hydrogens is 160 g/mol. The molecule has 0 aliphatic heterocycles. The lowest BCUT2D eigenvalue weighted by atomic mass is 9.92. The number of nitrogens with two attached hydrogens (primary N) is 1. The predicted octanol–water partition coefficient (Wildman–Crippen LogP) is 1.81. The molecule has 76 valence electrons. The first-order valence-electron chi connectivity index (χ1n) is 5.31. The second-order valence-electron chi connectivity index (χ2n) is 4.31. The minimum atomic E-state index is 0.429. The number of rotatable bonds is 3. The summed E-state index contributed by atoms with van der Waals surface area (Å²) >= 11 is 0. The standard InChI is InChI=1S/C11H22N2/c1-9(2)6-7-13-11-5-3-4-10(12)8-11/h6,10-11,13H,3-5,7-8,12H2,1-2H3. The Balaban J connectivity index is 2.17. The lowest BCUT2D eigenvalue weighted by Gasteiger charge is -2.27.